The third-order valence-electron chi connectivity index (χ3n) is 3.82. The maximum Gasteiger partial charge on any atom is 0.354 e. The van der Waals surface area contributed by atoms with Crippen LogP contribution >= 0.6 is 11.3 Å². The molecule has 0 aromatic carbocycles. The van der Waals surface area contributed by atoms with Crippen LogP contribution in [0.1, 0.15) is 30.5 Å². The topological polar surface area (TPSA) is 90.8 Å². The molecular formula is C16H15N3O4S. The molecule has 0 bridgehead atoms. The number of carboxylic acid groups (broad SMARTS) is 1. The standard InChI is InChI=1S/C16H15N3O4S/c20-14(11-3-4-12(16(22)23)17-10-11)18-5-7-19(8-6-18)15(21)13-2-1-9-24-13/h1-4,9-10H,5-8H2,(H,22,23). The van der Waals surface area contributed by atoms with Gasteiger partial charge >= 0.3 is 5.97 Å². The Kier molecular flexibility index (Phi) is 4.57. The van der Waals surface area contributed by atoms with Gasteiger partial charge in [-0.2, -0.15) is 0 Å². The van der Waals surface area contributed by atoms with E-state index in [1.54, 1.807) is 15.9 Å². The van der Waals surface area contributed by atoms with Gasteiger partial charge in [0.15, 0.2) is 0 Å². The number of aromatic nitrogens is 1. The van der Waals surface area contributed by atoms with Crippen LogP contribution in [0.5, 0.6) is 0 Å². The summed E-state index contributed by atoms with van der Waals surface area (Å²) in [4.78, 5) is 43.3. The van der Waals surface area contributed by atoms with Crippen LogP contribution in [0.25, 0.3) is 0 Å². The molecule has 7 nitrogen and oxygen atoms in total. The zero-order valence-electron chi connectivity index (χ0n) is 12.7. The van der Waals surface area contributed by atoms with Gasteiger partial charge in [0.2, 0.25) is 0 Å². The predicted octanol–water partition coefficient (Wildman–Crippen LogP) is 1.44. The molecule has 1 aliphatic rings. The zero-order valence-corrected chi connectivity index (χ0v) is 13.5. The Morgan fingerprint density at radius 1 is 1.00 bits per heavy atom. The molecule has 1 saturated heterocycles. The minimum atomic E-state index is -1.13. The first kappa shape index (κ1) is 16.1. The highest BCUT2D eigenvalue weighted by Crippen LogP contribution is 2.15. The summed E-state index contributed by atoms with van der Waals surface area (Å²) in [5.74, 6) is -1.35. The fourth-order valence-electron chi connectivity index (χ4n) is 2.50. The van der Waals surface area contributed by atoms with E-state index in [2.05, 4.69) is 4.98 Å². The third-order valence-corrected chi connectivity index (χ3v) is 4.67. The summed E-state index contributed by atoms with van der Waals surface area (Å²) in [5, 5.41) is 10.7. The molecule has 3 heterocycles. The van der Waals surface area contributed by atoms with Crippen molar-refractivity contribution in [1.82, 2.24) is 14.8 Å². The summed E-state index contributed by atoms with van der Waals surface area (Å²) < 4.78 is 0. The SMILES string of the molecule is O=C(O)c1ccc(C(=O)N2CCN(C(=O)c3cccs3)CC2)cn1. The molecule has 3 rings (SSSR count). The number of carbonyl (C=O) groups excluding carboxylic acids is 2. The van der Waals surface area contributed by atoms with Crippen LogP contribution in [-0.2, 0) is 0 Å². The number of amides is 2. The van der Waals surface area contributed by atoms with Gasteiger partial charge in [-0.15, -0.1) is 11.3 Å². The number of piperazine rings is 1. The third kappa shape index (κ3) is 3.28. The van der Waals surface area contributed by atoms with E-state index >= 15 is 0 Å². The molecule has 0 aliphatic carbocycles. The normalized spacial score (nSPS) is 14.5. The van der Waals surface area contributed by atoms with Crippen molar-refractivity contribution in [3.63, 3.8) is 0 Å². The number of hydrogen-bond acceptors (Lipinski definition) is 5. The molecule has 2 aromatic heterocycles. The van der Waals surface area contributed by atoms with E-state index in [-0.39, 0.29) is 17.5 Å². The van der Waals surface area contributed by atoms with E-state index in [9.17, 15) is 14.4 Å². The maximum atomic E-state index is 12.4. The molecule has 0 unspecified atom stereocenters. The highest BCUT2D eigenvalue weighted by molar-refractivity contribution is 7.12. The second-order valence-corrected chi connectivity index (χ2v) is 6.25. The molecule has 1 fully saturated rings. The lowest BCUT2D eigenvalue weighted by Crippen LogP contribution is -2.50. The molecular weight excluding hydrogens is 330 g/mol. The molecule has 8 heteroatoms. The number of nitrogens with zero attached hydrogens (tertiary/aromatic N) is 3. The van der Waals surface area contributed by atoms with Gasteiger partial charge in [0.05, 0.1) is 10.4 Å². The first-order valence-corrected chi connectivity index (χ1v) is 8.25. The lowest BCUT2D eigenvalue weighted by Gasteiger charge is -2.34. The Bertz CT molecular complexity index is 750. The summed E-state index contributed by atoms with van der Waals surface area (Å²) in [7, 11) is 0. The number of carbonyl (C=O) groups is 3. The molecule has 0 saturated carbocycles. The maximum absolute atomic E-state index is 12.4. The van der Waals surface area contributed by atoms with Crippen LogP contribution in [-0.4, -0.2) is 63.9 Å². The van der Waals surface area contributed by atoms with Crippen LogP contribution in [0.3, 0.4) is 0 Å². The Hall–Kier alpha value is -2.74. The highest BCUT2D eigenvalue weighted by atomic mass is 32.1. The molecule has 0 radical (unpaired) electrons. The molecule has 1 aliphatic heterocycles. The smallest absolute Gasteiger partial charge is 0.354 e. The molecule has 0 spiro atoms. The van der Waals surface area contributed by atoms with Crippen molar-refractivity contribution < 1.29 is 19.5 Å². The van der Waals surface area contributed by atoms with Gasteiger partial charge in [-0.1, -0.05) is 6.07 Å². The van der Waals surface area contributed by atoms with E-state index in [4.69, 9.17) is 5.11 Å². The molecule has 2 aromatic rings. The predicted molar refractivity (Wildman–Crippen MR) is 87.3 cm³/mol. The van der Waals surface area contributed by atoms with E-state index in [0.29, 0.717) is 36.6 Å². The van der Waals surface area contributed by atoms with Gasteiger partial charge in [-0.25, -0.2) is 9.78 Å². The number of pyridine rings is 1. The average Bonchev–Trinajstić information content (AvgIpc) is 3.15. The van der Waals surface area contributed by atoms with Crippen molar-refractivity contribution >= 4 is 29.1 Å². The van der Waals surface area contributed by atoms with Gasteiger partial charge < -0.3 is 14.9 Å². The van der Waals surface area contributed by atoms with E-state index in [1.807, 2.05) is 11.4 Å². The Morgan fingerprint density at radius 2 is 1.67 bits per heavy atom. The lowest BCUT2D eigenvalue weighted by molar-refractivity contribution is 0.0537. The van der Waals surface area contributed by atoms with Crippen molar-refractivity contribution in [2.24, 2.45) is 0 Å². The minimum absolute atomic E-state index is 0.00965. The molecule has 2 amide bonds. The van der Waals surface area contributed by atoms with Crippen molar-refractivity contribution in [3.05, 3.63) is 52.0 Å². The molecule has 0 atom stereocenters. The fraction of sp³-hybridized carbons (Fsp3) is 0.250. The quantitative estimate of drug-likeness (QED) is 0.909. The summed E-state index contributed by atoms with van der Waals surface area (Å²) in [6.07, 6.45) is 1.27. The van der Waals surface area contributed by atoms with E-state index in [0.717, 1.165) is 0 Å². The van der Waals surface area contributed by atoms with Crippen LogP contribution in [0.4, 0.5) is 0 Å². The van der Waals surface area contributed by atoms with Crippen molar-refractivity contribution in [1.29, 1.82) is 0 Å². The van der Waals surface area contributed by atoms with Crippen molar-refractivity contribution in [2.45, 2.75) is 0 Å². The van der Waals surface area contributed by atoms with E-state index in [1.165, 1.54) is 29.7 Å². The van der Waals surface area contributed by atoms with Gasteiger partial charge in [-0.3, -0.25) is 9.59 Å². The van der Waals surface area contributed by atoms with Gasteiger partial charge in [0.1, 0.15) is 5.69 Å². The van der Waals surface area contributed by atoms with Crippen LogP contribution in [0.15, 0.2) is 35.8 Å². The number of hydrogen-bond donors (Lipinski definition) is 1. The largest absolute Gasteiger partial charge is 0.477 e. The first-order chi connectivity index (χ1) is 11.6. The van der Waals surface area contributed by atoms with Crippen LogP contribution in [0, 0.1) is 0 Å². The monoisotopic (exact) mass is 345 g/mol. The van der Waals surface area contributed by atoms with Crippen LogP contribution < -0.4 is 0 Å². The number of carboxylic acids is 1. The fourth-order valence-corrected chi connectivity index (χ4v) is 3.19. The van der Waals surface area contributed by atoms with E-state index < -0.39 is 5.97 Å². The van der Waals surface area contributed by atoms with Gasteiger partial charge in [-0.05, 0) is 23.6 Å². The Labute approximate surface area is 142 Å². The highest BCUT2D eigenvalue weighted by Gasteiger charge is 2.26. The van der Waals surface area contributed by atoms with Gasteiger partial charge in [0, 0.05) is 32.4 Å². The molecule has 1 N–H and O–H groups in total. The summed E-state index contributed by atoms with van der Waals surface area (Å²) in [6.45, 7) is 1.83. The van der Waals surface area contributed by atoms with Crippen LogP contribution in [0.2, 0.25) is 0 Å². The van der Waals surface area contributed by atoms with Crippen molar-refractivity contribution in [3.8, 4) is 0 Å². The minimum Gasteiger partial charge on any atom is -0.477 e. The lowest BCUT2D eigenvalue weighted by atomic mass is 10.2. The number of aromatic carboxylic acids is 1. The Morgan fingerprint density at radius 3 is 2.17 bits per heavy atom. The summed E-state index contributed by atoms with van der Waals surface area (Å²) in [6, 6.07) is 6.40. The van der Waals surface area contributed by atoms with Crippen molar-refractivity contribution in [2.75, 3.05) is 26.2 Å². The first-order valence-electron chi connectivity index (χ1n) is 7.37. The zero-order chi connectivity index (χ0) is 17.1. The molecule has 124 valence electrons. The second kappa shape index (κ2) is 6.79. The Balaban J connectivity index is 1.60. The molecule has 24 heavy (non-hydrogen) atoms. The number of rotatable bonds is 3. The summed E-state index contributed by atoms with van der Waals surface area (Å²) in [5.41, 5.74) is 0.246. The average molecular weight is 345 g/mol. The second-order valence-electron chi connectivity index (χ2n) is 5.30. The number of thiophene rings is 1. The summed E-state index contributed by atoms with van der Waals surface area (Å²) >= 11 is 1.40. The van der Waals surface area contributed by atoms with Gasteiger partial charge in [0.25, 0.3) is 11.8 Å².